The maximum Gasteiger partial charge on any atom is 0.410 e. The summed E-state index contributed by atoms with van der Waals surface area (Å²) in [5, 5.41) is 3.14. The zero-order chi connectivity index (χ0) is 21.2. The minimum absolute atomic E-state index is 0.0170. The average molecular weight is 405 g/mol. The molecule has 7 heteroatoms. The number of hydrogen-bond donors (Lipinski definition) is 1. The highest BCUT2D eigenvalue weighted by atomic mass is 16.7. The largest absolute Gasteiger partial charge is 0.454 e. The highest BCUT2D eigenvalue weighted by Crippen LogP contribution is 2.35. The monoisotopic (exact) mass is 404 g/mol. The van der Waals surface area contributed by atoms with Crippen LogP contribution in [0.25, 0.3) is 0 Å². The molecule has 1 aromatic carbocycles. The van der Waals surface area contributed by atoms with Gasteiger partial charge in [-0.1, -0.05) is 6.07 Å². The lowest BCUT2D eigenvalue weighted by Crippen LogP contribution is -2.44. The van der Waals surface area contributed by atoms with Crippen molar-refractivity contribution < 1.29 is 23.8 Å². The number of benzene rings is 1. The molecule has 0 aliphatic carbocycles. The van der Waals surface area contributed by atoms with Gasteiger partial charge in [-0.25, -0.2) is 4.79 Å². The van der Waals surface area contributed by atoms with Crippen molar-refractivity contribution >= 4 is 12.0 Å². The highest BCUT2D eigenvalue weighted by Gasteiger charge is 2.30. The number of rotatable bonds is 4. The molecule has 1 N–H and O–H groups in total. The fraction of sp³-hybridized carbons (Fsp3) is 0.636. The highest BCUT2D eigenvalue weighted by molar-refractivity contribution is 5.77. The van der Waals surface area contributed by atoms with Crippen molar-refractivity contribution in [3.63, 3.8) is 0 Å². The van der Waals surface area contributed by atoms with Gasteiger partial charge in [0.05, 0.1) is 5.54 Å². The summed E-state index contributed by atoms with van der Waals surface area (Å²) >= 11 is 0. The molecule has 0 spiro atoms. The van der Waals surface area contributed by atoms with E-state index >= 15 is 0 Å². The number of carbonyl (C=O) groups excluding carboxylic acids is 2. The fourth-order valence-electron chi connectivity index (χ4n) is 3.67. The van der Waals surface area contributed by atoms with Crippen LogP contribution in [0.3, 0.4) is 0 Å². The van der Waals surface area contributed by atoms with Crippen molar-refractivity contribution in [1.29, 1.82) is 0 Å². The third-order valence-electron chi connectivity index (χ3n) is 5.29. The first kappa shape index (κ1) is 21.3. The van der Waals surface area contributed by atoms with Crippen LogP contribution in [0.15, 0.2) is 18.2 Å². The van der Waals surface area contributed by atoms with E-state index in [-0.39, 0.29) is 24.7 Å². The predicted molar refractivity (Wildman–Crippen MR) is 109 cm³/mol. The average Bonchev–Trinajstić information content (AvgIpc) is 3.08. The Bertz CT molecular complexity index is 761. The van der Waals surface area contributed by atoms with Crippen LogP contribution in [0, 0.1) is 5.92 Å². The number of amides is 2. The van der Waals surface area contributed by atoms with Crippen LogP contribution in [0.1, 0.15) is 59.4 Å². The second kappa shape index (κ2) is 8.13. The van der Waals surface area contributed by atoms with Crippen LogP contribution in [0.4, 0.5) is 4.79 Å². The standard InChI is InChI=1S/C22H32N2O5/c1-21(2,3)29-20(26)24-10-8-15(9-11-24)12-19(25)23-22(4,5)16-6-7-17-18(13-16)28-14-27-17/h6-7,13,15H,8-12,14H2,1-5H3,(H,23,25). The van der Waals surface area contributed by atoms with Crippen molar-refractivity contribution in [2.45, 2.75) is 65.0 Å². The molecule has 0 saturated carbocycles. The third kappa shape index (κ3) is 5.55. The van der Waals surface area contributed by atoms with Crippen LogP contribution in [-0.4, -0.2) is 42.4 Å². The summed E-state index contributed by atoms with van der Waals surface area (Å²) in [5.74, 6) is 1.72. The summed E-state index contributed by atoms with van der Waals surface area (Å²) in [6, 6.07) is 5.74. The van der Waals surface area contributed by atoms with Gasteiger partial charge in [0.25, 0.3) is 0 Å². The van der Waals surface area contributed by atoms with E-state index in [1.807, 2.05) is 52.8 Å². The molecule has 0 bridgehead atoms. The van der Waals surface area contributed by atoms with Crippen molar-refractivity contribution in [3.8, 4) is 11.5 Å². The second-order valence-electron chi connectivity index (χ2n) is 9.36. The number of likely N-dealkylation sites (tertiary alicyclic amines) is 1. The zero-order valence-corrected chi connectivity index (χ0v) is 18.0. The SMILES string of the molecule is CC(C)(C)OC(=O)N1CCC(CC(=O)NC(C)(C)c2ccc3c(c2)OCO3)CC1. The number of hydrogen-bond acceptors (Lipinski definition) is 5. The Morgan fingerprint density at radius 3 is 2.41 bits per heavy atom. The molecule has 2 aliphatic heterocycles. The lowest BCUT2D eigenvalue weighted by atomic mass is 9.90. The number of nitrogens with zero attached hydrogens (tertiary/aromatic N) is 1. The minimum Gasteiger partial charge on any atom is -0.454 e. The summed E-state index contributed by atoms with van der Waals surface area (Å²) in [4.78, 5) is 26.6. The van der Waals surface area contributed by atoms with Crippen LogP contribution in [-0.2, 0) is 15.1 Å². The summed E-state index contributed by atoms with van der Waals surface area (Å²) in [7, 11) is 0. The summed E-state index contributed by atoms with van der Waals surface area (Å²) in [6.07, 6.45) is 1.79. The lowest BCUT2D eigenvalue weighted by Gasteiger charge is -2.34. The second-order valence-corrected chi connectivity index (χ2v) is 9.36. The van der Waals surface area contributed by atoms with Gasteiger partial charge in [0.1, 0.15) is 5.60 Å². The molecule has 2 amide bonds. The van der Waals surface area contributed by atoms with E-state index in [1.54, 1.807) is 4.90 Å². The molecule has 2 aliphatic rings. The molecule has 29 heavy (non-hydrogen) atoms. The van der Waals surface area contributed by atoms with Crippen LogP contribution < -0.4 is 14.8 Å². The van der Waals surface area contributed by atoms with Crippen LogP contribution in [0.2, 0.25) is 0 Å². The molecule has 0 radical (unpaired) electrons. The van der Waals surface area contributed by atoms with Crippen molar-refractivity contribution in [3.05, 3.63) is 23.8 Å². The molecule has 0 aromatic heterocycles. The Labute approximate surface area is 172 Å². The minimum atomic E-state index is -0.519. The van der Waals surface area contributed by atoms with E-state index in [2.05, 4.69) is 5.32 Å². The first-order valence-electron chi connectivity index (χ1n) is 10.2. The van der Waals surface area contributed by atoms with E-state index in [1.165, 1.54) is 0 Å². The van der Waals surface area contributed by atoms with Gasteiger partial charge in [0.2, 0.25) is 12.7 Å². The Morgan fingerprint density at radius 2 is 1.76 bits per heavy atom. The first-order valence-corrected chi connectivity index (χ1v) is 10.2. The Kier molecular flexibility index (Phi) is 5.96. The van der Waals surface area contributed by atoms with Gasteiger partial charge >= 0.3 is 6.09 Å². The van der Waals surface area contributed by atoms with Gasteiger partial charge < -0.3 is 24.4 Å². The van der Waals surface area contributed by atoms with E-state index in [9.17, 15) is 9.59 Å². The molecule has 2 heterocycles. The number of fused-ring (bicyclic) bond motifs is 1. The number of piperidine rings is 1. The smallest absolute Gasteiger partial charge is 0.410 e. The maximum atomic E-state index is 12.7. The molecular weight excluding hydrogens is 372 g/mol. The zero-order valence-electron chi connectivity index (χ0n) is 18.0. The number of nitrogens with one attached hydrogen (secondary N) is 1. The molecule has 1 fully saturated rings. The number of carbonyl (C=O) groups is 2. The molecule has 160 valence electrons. The third-order valence-corrected chi connectivity index (χ3v) is 5.29. The van der Waals surface area contributed by atoms with Gasteiger partial charge in [0, 0.05) is 19.5 Å². The first-order chi connectivity index (χ1) is 13.5. The fourth-order valence-corrected chi connectivity index (χ4v) is 3.67. The van der Waals surface area contributed by atoms with Crippen LogP contribution in [0.5, 0.6) is 11.5 Å². The molecule has 1 aromatic rings. The quantitative estimate of drug-likeness (QED) is 0.826. The van der Waals surface area contributed by atoms with E-state index < -0.39 is 11.1 Å². The summed E-state index contributed by atoms with van der Waals surface area (Å²) < 4.78 is 16.2. The van der Waals surface area contributed by atoms with Gasteiger partial charge in [-0.05, 0) is 71.1 Å². The predicted octanol–water partition coefficient (Wildman–Crippen LogP) is 3.80. The Morgan fingerprint density at radius 1 is 1.10 bits per heavy atom. The van der Waals surface area contributed by atoms with Gasteiger partial charge in [0.15, 0.2) is 11.5 Å². The molecule has 3 rings (SSSR count). The maximum absolute atomic E-state index is 12.7. The van der Waals surface area contributed by atoms with Crippen LogP contribution >= 0.6 is 0 Å². The van der Waals surface area contributed by atoms with E-state index in [0.717, 1.165) is 24.2 Å². The van der Waals surface area contributed by atoms with Crippen molar-refractivity contribution in [1.82, 2.24) is 10.2 Å². The molecule has 1 saturated heterocycles. The molecule has 7 nitrogen and oxygen atoms in total. The van der Waals surface area contributed by atoms with Gasteiger partial charge in [-0.2, -0.15) is 0 Å². The summed E-state index contributed by atoms with van der Waals surface area (Å²) in [6.45, 7) is 11.0. The van der Waals surface area contributed by atoms with E-state index in [4.69, 9.17) is 14.2 Å². The lowest BCUT2D eigenvalue weighted by molar-refractivity contribution is -0.124. The molecular formula is C22H32N2O5. The number of ether oxygens (including phenoxy) is 3. The van der Waals surface area contributed by atoms with Crippen molar-refractivity contribution in [2.75, 3.05) is 19.9 Å². The Balaban J connectivity index is 1.49. The van der Waals surface area contributed by atoms with E-state index in [0.29, 0.717) is 25.3 Å². The molecule has 0 unspecified atom stereocenters. The van der Waals surface area contributed by atoms with Gasteiger partial charge in [-0.15, -0.1) is 0 Å². The van der Waals surface area contributed by atoms with Crippen molar-refractivity contribution in [2.24, 2.45) is 5.92 Å². The molecule has 0 atom stereocenters. The Hall–Kier alpha value is -2.44. The van der Waals surface area contributed by atoms with Gasteiger partial charge in [-0.3, -0.25) is 4.79 Å². The summed E-state index contributed by atoms with van der Waals surface area (Å²) in [5.41, 5.74) is -0.0431. The topological polar surface area (TPSA) is 77.1 Å². The normalized spacial score (nSPS) is 17.2.